The average Bonchev–Trinajstić information content (AvgIpc) is 2.74. The van der Waals surface area contributed by atoms with Crippen molar-refractivity contribution in [1.82, 2.24) is 9.55 Å². The molecule has 0 spiro atoms. The van der Waals surface area contributed by atoms with Crippen molar-refractivity contribution in [1.29, 1.82) is 0 Å². The first kappa shape index (κ1) is 12.9. The Bertz CT molecular complexity index is 630. The van der Waals surface area contributed by atoms with Crippen molar-refractivity contribution >= 4 is 23.3 Å². The lowest BCUT2D eigenvalue weighted by Crippen LogP contribution is -2.17. The molecule has 0 unspecified atom stereocenters. The number of aryl methyl sites for hydroxylation is 1. The van der Waals surface area contributed by atoms with Gasteiger partial charge in [-0.05, 0) is 68.4 Å². The van der Waals surface area contributed by atoms with Gasteiger partial charge in [-0.15, -0.1) is 0 Å². The summed E-state index contributed by atoms with van der Waals surface area (Å²) in [6.45, 7) is 4.46. The Balaban J connectivity index is 1.98. The van der Waals surface area contributed by atoms with Crippen LogP contribution in [0.5, 0.6) is 0 Å². The second-order valence-corrected chi connectivity index (χ2v) is 6.29. The molecule has 1 saturated carbocycles. The zero-order valence-corrected chi connectivity index (χ0v) is 12.6. The van der Waals surface area contributed by atoms with E-state index in [9.17, 15) is 0 Å². The molecule has 1 aromatic heterocycles. The summed E-state index contributed by atoms with van der Waals surface area (Å²) >= 11 is 5.54. The van der Waals surface area contributed by atoms with Crippen LogP contribution < -0.4 is 0 Å². The Morgan fingerprint density at radius 2 is 2.00 bits per heavy atom. The number of aromatic amines is 1. The van der Waals surface area contributed by atoms with Crippen molar-refractivity contribution in [2.24, 2.45) is 5.92 Å². The van der Waals surface area contributed by atoms with Gasteiger partial charge in [-0.1, -0.05) is 19.4 Å². The van der Waals surface area contributed by atoms with Crippen molar-refractivity contribution < 1.29 is 0 Å². The van der Waals surface area contributed by atoms with E-state index in [0.29, 0.717) is 6.04 Å². The molecule has 1 fully saturated rings. The highest BCUT2D eigenvalue weighted by atomic mass is 32.1. The minimum absolute atomic E-state index is 0.589. The topological polar surface area (TPSA) is 20.7 Å². The summed E-state index contributed by atoms with van der Waals surface area (Å²) in [6.07, 6.45) is 6.56. The van der Waals surface area contributed by atoms with Crippen molar-refractivity contribution in [3.05, 3.63) is 28.5 Å². The van der Waals surface area contributed by atoms with Gasteiger partial charge in [-0.3, -0.25) is 0 Å². The SMILES string of the molecule is CCC1CCC(n2c(=S)[nH]c3ccc(C)cc32)CC1. The number of hydrogen-bond donors (Lipinski definition) is 1. The summed E-state index contributed by atoms with van der Waals surface area (Å²) in [5.41, 5.74) is 3.76. The highest BCUT2D eigenvalue weighted by Gasteiger charge is 2.23. The van der Waals surface area contributed by atoms with Crippen molar-refractivity contribution in [2.45, 2.75) is 52.0 Å². The van der Waals surface area contributed by atoms with Gasteiger partial charge in [0.25, 0.3) is 0 Å². The summed E-state index contributed by atoms with van der Waals surface area (Å²) in [7, 11) is 0. The van der Waals surface area contributed by atoms with Crippen molar-refractivity contribution in [2.75, 3.05) is 0 Å². The highest BCUT2D eigenvalue weighted by Crippen LogP contribution is 2.35. The zero-order chi connectivity index (χ0) is 13.4. The van der Waals surface area contributed by atoms with E-state index in [0.717, 1.165) is 10.7 Å². The Morgan fingerprint density at radius 1 is 1.26 bits per heavy atom. The molecule has 0 saturated heterocycles. The monoisotopic (exact) mass is 274 g/mol. The third-order valence-electron chi connectivity index (χ3n) is 4.63. The van der Waals surface area contributed by atoms with Gasteiger partial charge in [-0.25, -0.2) is 0 Å². The molecule has 1 aliphatic carbocycles. The van der Waals surface area contributed by atoms with Crippen LogP contribution in [0.3, 0.4) is 0 Å². The molecular formula is C16H22N2S. The molecule has 0 amide bonds. The van der Waals surface area contributed by atoms with Gasteiger partial charge in [0.15, 0.2) is 4.77 Å². The standard InChI is InChI=1S/C16H22N2S/c1-3-12-5-7-13(8-6-12)18-15-10-11(2)4-9-14(15)17-16(18)19/h4,9-10,12-13H,3,5-8H2,1-2H3,(H,17,19). The molecule has 1 heterocycles. The van der Waals surface area contributed by atoms with Crippen LogP contribution in [0.2, 0.25) is 0 Å². The minimum atomic E-state index is 0.589. The third kappa shape index (κ3) is 2.36. The van der Waals surface area contributed by atoms with E-state index in [4.69, 9.17) is 12.2 Å². The molecule has 3 rings (SSSR count). The number of H-pyrrole nitrogens is 1. The number of nitrogens with one attached hydrogen (secondary N) is 1. The fourth-order valence-corrected chi connectivity index (χ4v) is 3.76. The first-order valence-corrected chi connectivity index (χ1v) is 7.80. The number of aromatic nitrogens is 2. The molecule has 0 bridgehead atoms. The van der Waals surface area contributed by atoms with E-state index >= 15 is 0 Å². The quantitative estimate of drug-likeness (QED) is 0.751. The maximum absolute atomic E-state index is 5.54. The van der Waals surface area contributed by atoms with E-state index in [2.05, 4.69) is 41.6 Å². The van der Waals surface area contributed by atoms with Gasteiger partial charge in [-0.2, -0.15) is 0 Å². The predicted molar refractivity (Wildman–Crippen MR) is 83.1 cm³/mol. The van der Waals surface area contributed by atoms with E-state index < -0.39 is 0 Å². The lowest BCUT2D eigenvalue weighted by Gasteiger charge is -2.29. The van der Waals surface area contributed by atoms with Gasteiger partial charge >= 0.3 is 0 Å². The molecule has 1 aromatic carbocycles. The van der Waals surface area contributed by atoms with Gasteiger partial charge < -0.3 is 9.55 Å². The highest BCUT2D eigenvalue weighted by molar-refractivity contribution is 7.71. The lowest BCUT2D eigenvalue weighted by atomic mass is 9.84. The molecular weight excluding hydrogens is 252 g/mol. The van der Waals surface area contributed by atoms with Gasteiger partial charge in [0.2, 0.25) is 0 Å². The molecule has 0 radical (unpaired) electrons. The zero-order valence-electron chi connectivity index (χ0n) is 11.8. The summed E-state index contributed by atoms with van der Waals surface area (Å²) in [6, 6.07) is 7.14. The molecule has 1 aliphatic rings. The van der Waals surface area contributed by atoms with Gasteiger partial charge in [0.1, 0.15) is 0 Å². The van der Waals surface area contributed by atoms with Crippen molar-refractivity contribution in [3.8, 4) is 0 Å². The van der Waals surface area contributed by atoms with Crippen LogP contribution in [0.25, 0.3) is 11.0 Å². The second-order valence-electron chi connectivity index (χ2n) is 5.90. The number of benzene rings is 1. The summed E-state index contributed by atoms with van der Waals surface area (Å²) in [4.78, 5) is 3.35. The lowest BCUT2D eigenvalue weighted by molar-refractivity contribution is 0.272. The van der Waals surface area contributed by atoms with E-state index in [1.54, 1.807) is 0 Å². The van der Waals surface area contributed by atoms with E-state index in [1.165, 1.54) is 48.7 Å². The van der Waals surface area contributed by atoms with Crippen LogP contribution in [0.1, 0.15) is 50.6 Å². The third-order valence-corrected chi connectivity index (χ3v) is 4.93. The Morgan fingerprint density at radius 3 is 2.68 bits per heavy atom. The molecule has 2 nitrogen and oxygen atoms in total. The van der Waals surface area contributed by atoms with E-state index in [-0.39, 0.29) is 0 Å². The van der Waals surface area contributed by atoms with Crippen molar-refractivity contribution in [3.63, 3.8) is 0 Å². The number of fused-ring (bicyclic) bond motifs is 1. The predicted octanol–water partition coefficient (Wildman–Crippen LogP) is 5.15. The van der Waals surface area contributed by atoms with Gasteiger partial charge in [0.05, 0.1) is 11.0 Å². The van der Waals surface area contributed by atoms with Crippen LogP contribution in [0.4, 0.5) is 0 Å². The summed E-state index contributed by atoms with van der Waals surface area (Å²) in [5.74, 6) is 0.928. The second kappa shape index (κ2) is 5.12. The minimum Gasteiger partial charge on any atom is -0.331 e. The fraction of sp³-hybridized carbons (Fsp3) is 0.562. The van der Waals surface area contributed by atoms with Crippen LogP contribution in [0, 0.1) is 17.6 Å². The van der Waals surface area contributed by atoms with Gasteiger partial charge in [0, 0.05) is 6.04 Å². The van der Waals surface area contributed by atoms with Crippen LogP contribution in [-0.4, -0.2) is 9.55 Å². The Kier molecular flexibility index (Phi) is 3.48. The Labute approximate surface area is 119 Å². The first-order valence-electron chi connectivity index (χ1n) is 7.40. The molecule has 3 heteroatoms. The maximum atomic E-state index is 5.54. The number of hydrogen-bond acceptors (Lipinski definition) is 1. The van der Waals surface area contributed by atoms with Crippen LogP contribution >= 0.6 is 12.2 Å². The number of imidazole rings is 1. The smallest absolute Gasteiger partial charge is 0.178 e. The fourth-order valence-electron chi connectivity index (χ4n) is 3.41. The number of nitrogens with zero attached hydrogens (tertiary/aromatic N) is 1. The van der Waals surface area contributed by atoms with Crippen LogP contribution in [-0.2, 0) is 0 Å². The maximum Gasteiger partial charge on any atom is 0.178 e. The average molecular weight is 274 g/mol. The van der Waals surface area contributed by atoms with Crippen LogP contribution in [0.15, 0.2) is 18.2 Å². The molecule has 2 aromatic rings. The molecule has 1 N–H and O–H groups in total. The molecule has 19 heavy (non-hydrogen) atoms. The summed E-state index contributed by atoms with van der Waals surface area (Å²) < 4.78 is 3.25. The van der Waals surface area contributed by atoms with E-state index in [1.807, 2.05) is 0 Å². The largest absolute Gasteiger partial charge is 0.331 e. The molecule has 0 atom stereocenters. The first-order chi connectivity index (χ1) is 9.19. The molecule has 102 valence electrons. The Hall–Kier alpha value is -1.09. The summed E-state index contributed by atoms with van der Waals surface area (Å²) in [5, 5.41) is 0. The molecule has 0 aliphatic heterocycles. The number of rotatable bonds is 2. The normalized spacial score (nSPS) is 23.9.